The summed E-state index contributed by atoms with van der Waals surface area (Å²) in [5.41, 5.74) is 2.67. The zero-order valence-electron chi connectivity index (χ0n) is 19.1. The summed E-state index contributed by atoms with van der Waals surface area (Å²) in [7, 11) is 0. The molecule has 2 aliphatic heterocycles. The summed E-state index contributed by atoms with van der Waals surface area (Å²) in [6, 6.07) is 9.05. The van der Waals surface area contributed by atoms with E-state index in [1.807, 2.05) is 11.5 Å². The van der Waals surface area contributed by atoms with E-state index in [1.54, 1.807) is 49.3 Å². The molecule has 2 aromatic rings. The number of carbonyl (C=O) groups is 2. The highest BCUT2D eigenvalue weighted by Crippen LogP contribution is 2.45. The normalized spacial score (nSPS) is 16.9. The molecule has 180 valence electrons. The van der Waals surface area contributed by atoms with Crippen molar-refractivity contribution in [3.05, 3.63) is 92.4 Å². The van der Waals surface area contributed by atoms with Crippen molar-refractivity contribution >= 4 is 34.5 Å². The quantitative estimate of drug-likeness (QED) is 0.334. The Hall–Kier alpha value is -3.99. The number of aromatic nitrogens is 1. The summed E-state index contributed by atoms with van der Waals surface area (Å²) in [5, 5.41) is 16.7. The van der Waals surface area contributed by atoms with Gasteiger partial charge in [-0.2, -0.15) is 0 Å². The Morgan fingerprint density at radius 1 is 1.29 bits per heavy atom. The number of benzene rings is 1. The standard InChI is InChI=1S/C24H23N5O5S/c1-3-34-23(31)21-15(2)27-24-28(22(21)17-7-4-8-18(10-17)29(32)33)19(14-35-24)11-20(30)26-13-16-6-5-9-25-12-16/h4-10,12,14,22H,3,11,13H2,1-2H3,(H,26,30). The van der Waals surface area contributed by atoms with Crippen molar-refractivity contribution in [1.82, 2.24) is 15.2 Å². The Balaban J connectivity index is 1.65. The second-order valence-corrected chi connectivity index (χ2v) is 8.62. The van der Waals surface area contributed by atoms with Gasteiger partial charge >= 0.3 is 5.97 Å². The first-order valence-electron chi connectivity index (χ1n) is 10.9. The van der Waals surface area contributed by atoms with E-state index in [1.165, 1.54) is 23.9 Å². The number of fused-ring (bicyclic) bond motifs is 1. The summed E-state index contributed by atoms with van der Waals surface area (Å²) in [6.45, 7) is 3.91. The predicted molar refractivity (Wildman–Crippen MR) is 131 cm³/mol. The minimum absolute atomic E-state index is 0.0346. The predicted octanol–water partition coefficient (Wildman–Crippen LogP) is 3.83. The molecule has 3 heterocycles. The Morgan fingerprint density at radius 3 is 2.83 bits per heavy atom. The second kappa shape index (κ2) is 10.5. The first kappa shape index (κ1) is 24.1. The number of nitrogens with zero attached hydrogens (tertiary/aromatic N) is 4. The fourth-order valence-electron chi connectivity index (χ4n) is 3.89. The number of pyridine rings is 1. The molecule has 2 aliphatic rings. The number of amidine groups is 1. The van der Waals surface area contributed by atoms with Crippen LogP contribution in [0.15, 0.2) is 76.2 Å². The van der Waals surface area contributed by atoms with E-state index in [2.05, 4.69) is 15.3 Å². The fraction of sp³-hybridized carbons (Fsp3) is 0.250. The molecular weight excluding hydrogens is 470 g/mol. The highest BCUT2D eigenvalue weighted by Gasteiger charge is 2.41. The van der Waals surface area contributed by atoms with Crippen LogP contribution in [-0.4, -0.2) is 38.5 Å². The van der Waals surface area contributed by atoms with Gasteiger partial charge < -0.3 is 15.0 Å². The molecule has 1 amide bonds. The number of nitro benzene ring substituents is 1. The summed E-state index contributed by atoms with van der Waals surface area (Å²) >= 11 is 1.33. The summed E-state index contributed by atoms with van der Waals surface area (Å²) < 4.78 is 5.30. The van der Waals surface area contributed by atoms with Crippen LogP contribution in [0.1, 0.15) is 37.4 Å². The Bertz CT molecular complexity index is 1260. The Labute approximate surface area is 205 Å². The van der Waals surface area contributed by atoms with Crippen molar-refractivity contribution in [2.45, 2.75) is 32.9 Å². The van der Waals surface area contributed by atoms with Gasteiger partial charge in [0.05, 0.1) is 35.3 Å². The van der Waals surface area contributed by atoms with Gasteiger partial charge in [0, 0.05) is 36.8 Å². The van der Waals surface area contributed by atoms with Crippen LogP contribution in [0.2, 0.25) is 0 Å². The molecule has 10 nitrogen and oxygen atoms in total. The topological polar surface area (TPSA) is 127 Å². The maximum atomic E-state index is 13.0. The van der Waals surface area contributed by atoms with E-state index in [0.29, 0.717) is 28.7 Å². The Kier molecular flexibility index (Phi) is 7.25. The number of allylic oxidation sites excluding steroid dienone is 1. The molecule has 1 unspecified atom stereocenters. The number of carbonyl (C=O) groups excluding carboxylic acids is 2. The zero-order chi connectivity index (χ0) is 24.9. The van der Waals surface area contributed by atoms with Gasteiger partial charge in [-0.1, -0.05) is 30.0 Å². The van der Waals surface area contributed by atoms with Crippen molar-refractivity contribution in [2.24, 2.45) is 4.99 Å². The van der Waals surface area contributed by atoms with Crippen molar-refractivity contribution in [3.8, 4) is 0 Å². The van der Waals surface area contributed by atoms with E-state index >= 15 is 0 Å². The lowest BCUT2D eigenvalue weighted by Crippen LogP contribution is -2.38. The van der Waals surface area contributed by atoms with Gasteiger partial charge in [-0.25, -0.2) is 9.79 Å². The molecule has 0 saturated heterocycles. The van der Waals surface area contributed by atoms with Crippen LogP contribution in [0.4, 0.5) is 5.69 Å². The summed E-state index contributed by atoms with van der Waals surface area (Å²) in [6.07, 6.45) is 3.37. The lowest BCUT2D eigenvalue weighted by atomic mass is 9.93. The van der Waals surface area contributed by atoms with E-state index in [-0.39, 0.29) is 30.2 Å². The maximum Gasteiger partial charge on any atom is 0.338 e. The third-order valence-electron chi connectivity index (χ3n) is 5.45. The van der Waals surface area contributed by atoms with Gasteiger partial charge in [-0.05, 0) is 36.4 Å². The third-order valence-corrected chi connectivity index (χ3v) is 6.34. The average Bonchev–Trinajstić information content (AvgIpc) is 3.24. The average molecular weight is 494 g/mol. The van der Waals surface area contributed by atoms with E-state index in [4.69, 9.17) is 4.74 Å². The molecule has 0 saturated carbocycles. The molecule has 4 rings (SSSR count). The number of aliphatic imine (C=N–C) groups is 1. The maximum absolute atomic E-state index is 13.0. The van der Waals surface area contributed by atoms with Crippen LogP contribution in [0.3, 0.4) is 0 Å². The zero-order valence-corrected chi connectivity index (χ0v) is 19.9. The van der Waals surface area contributed by atoms with Crippen LogP contribution >= 0.6 is 11.8 Å². The van der Waals surface area contributed by atoms with Gasteiger partial charge in [0.1, 0.15) is 0 Å². The minimum Gasteiger partial charge on any atom is -0.463 e. The largest absolute Gasteiger partial charge is 0.463 e. The Morgan fingerprint density at radius 2 is 2.11 bits per heavy atom. The van der Waals surface area contributed by atoms with Gasteiger partial charge in [0.25, 0.3) is 5.69 Å². The number of hydrogen-bond donors (Lipinski definition) is 1. The second-order valence-electron chi connectivity index (χ2n) is 7.78. The molecule has 11 heteroatoms. The molecule has 0 bridgehead atoms. The van der Waals surface area contributed by atoms with E-state index in [0.717, 1.165) is 5.56 Å². The smallest absolute Gasteiger partial charge is 0.338 e. The molecule has 1 atom stereocenters. The van der Waals surface area contributed by atoms with Gasteiger partial charge in [0.2, 0.25) is 5.91 Å². The van der Waals surface area contributed by atoms with Crippen LogP contribution in [0.5, 0.6) is 0 Å². The number of hydrogen-bond acceptors (Lipinski definition) is 9. The molecule has 1 N–H and O–H groups in total. The van der Waals surface area contributed by atoms with Gasteiger partial charge in [-0.3, -0.25) is 19.9 Å². The number of nitro groups is 1. The third kappa shape index (κ3) is 5.24. The van der Waals surface area contributed by atoms with Crippen LogP contribution in [0.25, 0.3) is 0 Å². The van der Waals surface area contributed by atoms with E-state index in [9.17, 15) is 19.7 Å². The number of nitrogens with one attached hydrogen (secondary N) is 1. The van der Waals surface area contributed by atoms with E-state index < -0.39 is 16.9 Å². The van der Waals surface area contributed by atoms with Crippen LogP contribution < -0.4 is 5.32 Å². The molecule has 0 aliphatic carbocycles. The minimum atomic E-state index is -0.728. The monoisotopic (exact) mass is 493 g/mol. The van der Waals surface area contributed by atoms with Crippen LogP contribution in [0, 0.1) is 10.1 Å². The number of esters is 1. The molecule has 1 aromatic heterocycles. The molecule has 0 fully saturated rings. The van der Waals surface area contributed by atoms with Crippen molar-refractivity contribution in [3.63, 3.8) is 0 Å². The first-order valence-corrected chi connectivity index (χ1v) is 11.8. The van der Waals surface area contributed by atoms with Gasteiger partial charge in [0.15, 0.2) is 5.17 Å². The summed E-state index contributed by atoms with van der Waals surface area (Å²) in [5.74, 6) is -0.773. The first-order chi connectivity index (χ1) is 16.9. The summed E-state index contributed by atoms with van der Waals surface area (Å²) in [4.78, 5) is 47.1. The molecule has 1 aromatic carbocycles. The SMILES string of the molecule is CCOC(=O)C1=C(C)N=C2SC=C(CC(=O)NCc3cccnc3)N2C1c1cccc([N+](=O)[O-])c1. The number of non-ortho nitro benzene ring substituents is 1. The van der Waals surface area contributed by atoms with Crippen molar-refractivity contribution in [1.29, 1.82) is 0 Å². The number of ether oxygens (including phenoxy) is 1. The van der Waals surface area contributed by atoms with Crippen LogP contribution in [-0.2, 0) is 20.9 Å². The number of rotatable bonds is 8. The lowest BCUT2D eigenvalue weighted by Gasteiger charge is -2.36. The highest BCUT2D eigenvalue weighted by molar-refractivity contribution is 8.16. The number of thioether (sulfide) groups is 1. The highest BCUT2D eigenvalue weighted by atomic mass is 32.2. The molecule has 0 radical (unpaired) electrons. The molecular formula is C24H23N5O5S. The van der Waals surface area contributed by atoms with Crippen molar-refractivity contribution < 1.29 is 19.2 Å². The number of amides is 1. The molecule has 35 heavy (non-hydrogen) atoms. The van der Waals surface area contributed by atoms with Crippen molar-refractivity contribution in [2.75, 3.05) is 6.61 Å². The van der Waals surface area contributed by atoms with Gasteiger partial charge in [-0.15, -0.1) is 0 Å². The lowest BCUT2D eigenvalue weighted by molar-refractivity contribution is -0.384. The fourth-order valence-corrected chi connectivity index (χ4v) is 4.86. The molecule has 0 spiro atoms.